The first-order valence-corrected chi connectivity index (χ1v) is 8.44. The number of benzene rings is 2. The average Bonchev–Trinajstić information content (AvgIpc) is 2.97. The molecule has 3 rings (SSSR count). The van der Waals surface area contributed by atoms with Crippen LogP contribution in [0.1, 0.15) is 11.4 Å². The number of aryl methyl sites for hydroxylation is 1. The number of hydrogen-bond donors (Lipinski definition) is 2. The summed E-state index contributed by atoms with van der Waals surface area (Å²) in [4.78, 5) is 28.2. The lowest BCUT2D eigenvalue weighted by atomic mass is 10.2. The van der Waals surface area contributed by atoms with Crippen molar-refractivity contribution in [3.8, 4) is 0 Å². The summed E-state index contributed by atoms with van der Waals surface area (Å²) in [6.45, 7) is 0. The van der Waals surface area contributed by atoms with Crippen molar-refractivity contribution >= 4 is 40.5 Å². The summed E-state index contributed by atoms with van der Waals surface area (Å²) in [6, 6.07) is 11.6. The van der Waals surface area contributed by atoms with Crippen molar-refractivity contribution in [2.75, 3.05) is 0 Å². The second-order valence-corrected chi connectivity index (χ2v) is 6.20. The molecule has 0 fully saturated rings. The van der Waals surface area contributed by atoms with Crippen molar-refractivity contribution in [3.05, 3.63) is 70.8 Å². The first kappa shape index (κ1) is 18.6. The molecule has 0 bridgehead atoms. The van der Waals surface area contributed by atoms with Gasteiger partial charge in [0.2, 0.25) is 5.91 Å². The van der Waals surface area contributed by atoms with Gasteiger partial charge in [-0.2, -0.15) is 0 Å². The number of para-hydroxylation sites is 2. The van der Waals surface area contributed by atoms with Gasteiger partial charge < -0.3 is 4.57 Å². The fourth-order valence-corrected chi connectivity index (χ4v) is 2.69. The molecule has 2 amide bonds. The molecule has 3 aromatic rings. The third-order valence-corrected chi connectivity index (χ3v) is 4.18. The van der Waals surface area contributed by atoms with E-state index in [4.69, 9.17) is 11.6 Å². The van der Waals surface area contributed by atoms with Gasteiger partial charge in [0.05, 0.1) is 22.5 Å². The lowest BCUT2D eigenvalue weighted by molar-refractivity contribution is -0.126. The number of carbonyl (C=O) groups excluding carboxylic acids is 2. The van der Waals surface area contributed by atoms with Gasteiger partial charge in [0.25, 0.3) is 5.91 Å². The molecule has 0 atom stereocenters. The Bertz CT molecular complexity index is 1050. The summed E-state index contributed by atoms with van der Waals surface area (Å²) >= 11 is 5.68. The minimum atomic E-state index is -0.535. The van der Waals surface area contributed by atoms with E-state index in [0.717, 1.165) is 11.0 Å². The quantitative estimate of drug-likeness (QED) is 0.534. The highest BCUT2D eigenvalue weighted by molar-refractivity contribution is 6.30. The van der Waals surface area contributed by atoms with Gasteiger partial charge in [-0.05, 0) is 35.9 Å². The van der Waals surface area contributed by atoms with Crippen molar-refractivity contribution < 1.29 is 14.0 Å². The van der Waals surface area contributed by atoms with Crippen molar-refractivity contribution in [1.82, 2.24) is 20.4 Å². The zero-order valence-corrected chi connectivity index (χ0v) is 15.1. The molecule has 8 heteroatoms. The number of amides is 2. The second-order valence-electron chi connectivity index (χ2n) is 5.80. The second kappa shape index (κ2) is 8.01. The maximum Gasteiger partial charge on any atom is 0.262 e. The molecule has 2 N–H and O–H groups in total. The largest absolute Gasteiger partial charge is 0.331 e. The van der Waals surface area contributed by atoms with Crippen molar-refractivity contribution in [1.29, 1.82) is 0 Å². The predicted molar refractivity (Wildman–Crippen MR) is 101 cm³/mol. The third-order valence-electron chi connectivity index (χ3n) is 3.89. The van der Waals surface area contributed by atoms with E-state index < -0.39 is 17.6 Å². The van der Waals surface area contributed by atoms with Crippen LogP contribution in [-0.4, -0.2) is 21.4 Å². The van der Waals surface area contributed by atoms with Gasteiger partial charge in [-0.15, -0.1) is 0 Å². The molecule has 138 valence electrons. The van der Waals surface area contributed by atoms with Crippen LogP contribution in [0.2, 0.25) is 5.02 Å². The monoisotopic (exact) mass is 386 g/mol. The number of fused-ring (bicyclic) bond motifs is 1. The number of halogens is 2. The fraction of sp³-hybridized carbons (Fsp3) is 0.105. The van der Waals surface area contributed by atoms with Crippen molar-refractivity contribution in [3.63, 3.8) is 0 Å². The number of imidazole rings is 1. The molecular weight excluding hydrogens is 371 g/mol. The molecule has 27 heavy (non-hydrogen) atoms. The summed E-state index contributed by atoms with van der Waals surface area (Å²) in [7, 11) is 1.83. The Morgan fingerprint density at radius 2 is 2.00 bits per heavy atom. The summed E-state index contributed by atoms with van der Waals surface area (Å²) in [6.07, 6.45) is 2.68. The SMILES string of the molecule is Cn1c(CC(=O)NNC(=O)/C=C/c2ccc(F)c(Cl)c2)nc2ccccc21. The van der Waals surface area contributed by atoms with E-state index in [2.05, 4.69) is 15.8 Å². The molecule has 2 aromatic carbocycles. The van der Waals surface area contributed by atoms with Gasteiger partial charge in [-0.1, -0.05) is 29.8 Å². The number of nitrogens with zero attached hydrogens (tertiary/aromatic N) is 2. The topological polar surface area (TPSA) is 76.0 Å². The first-order chi connectivity index (χ1) is 12.9. The molecule has 0 spiro atoms. The van der Waals surface area contributed by atoms with E-state index in [1.807, 2.05) is 35.9 Å². The van der Waals surface area contributed by atoms with E-state index in [1.165, 1.54) is 30.4 Å². The minimum Gasteiger partial charge on any atom is -0.331 e. The van der Waals surface area contributed by atoms with Gasteiger partial charge in [0.1, 0.15) is 11.6 Å². The Hall–Kier alpha value is -3.19. The molecule has 0 saturated heterocycles. The van der Waals surface area contributed by atoms with Crippen LogP contribution in [0.15, 0.2) is 48.5 Å². The molecular formula is C19H16ClFN4O2. The summed E-state index contributed by atoms with van der Waals surface area (Å²) in [5, 5.41) is -0.0340. The summed E-state index contributed by atoms with van der Waals surface area (Å²) < 4.78 is 14.9. The number of hydrazine groups is 1. The molecule has 0 radical (unpaired) electrons. The van der Waals surface area contributed by atoms with Crippen LogP contribution in [0.4, 0.5) is 4.39 Å². The number of carbonyl (C=O) groups is 2. The Morgan fingerprint density at radius 3 is 2.74 bits per heavy atom. The van der Waals surface area contributed by atoms with Gasteiger partial charge in [-0.3, -0.25) is 20.4 Å². The number of hydrogen-bond acceptors (Lipinski definition) is 3. The highest BCUT2D eigenvalue weighted by atomic mass is 35.5. The van der Waals surface area contributed by atoms with E-state index >= 15 is 0 Å². The number of rotatable bonds is 4. The van der Waals surface area contributed by atoms with Gasteiger partial charge in [0.15, 0.2) is 0 Å². The van der Waals surface area contributed by atoms with Gasteiger partial charge >= 0.3 is 0 Å². The summed E-state index contributed by atoms with van der Waals surface area (Å²) in [5.41, 5.74) is 6.89. The highest BCUT2D eigenvalue weighted by Crippen LogP contribution is 2.17. The Morgan fingerprint density at radius 1 is 1.22 bits per heavy atom. The molecule has 0 aliphatic heterocycles. The molecule has 1 aromatic heterocycles. The van der Waals surface area contributed by atoms with Crippen LogP contribution in [-0.2, 0) is 23.1 Å². The standard InChI is InChI=1S/C19H16ClFN4O2/c1-25-16-5-3-2-4-15(16)22-17(25)11-19(27)24-23-18(26)9-7-12-6-8-14(21)13(20)10-12/h2-10H,11H2,1H3,(H,23,26)(H,24,27)/b9-7+. The molecule has 0 aliphatic carbocycles. The normalized spacial score (nSPS) is 11.1. The first-order valence-electron chi connectivity index (χ1n) is 8.06. The minimum absolute atomic E-state index is 0.0166. The predicted octanol–water partition coefficient (Wildman–Crippen LogP) is 2.77. The van der Waals surface area contributed by atoms with Crippen LogP contribution in [0, 0.1) is 5.82 Å². The van der Waals surface area contributed by atoms with E-state index in [-0.39, 0.29) is 11.4 Å². The summed E-state index contributed by atoms with van der Waals surface area (Å²) in [5.74, 6) is -0.888. The van der Waals surface area contributed by atoms with E-state index in [0.29, 0.717) is 11.4 Å². The fourth-order valence-electron chi connectivity index (χ4n) is 2.50. The third kappa shape index (κ3) is 4.51. The zero-order valence-electron chi connectivity index (χ0n) is 14.4. The Balaban J connectivity index is 1.55. The number of nitrogens with one attached hydrogen (secondary N) is 2. The molecule has 6 nitrogen and oxygen atoms in total. The Labute approximate surface area is 159 Å². The highest BCUT2D eigenvalue weighted by Gasteiger charge is 2.11. The van der Waals surface area contributed by atoms with Crippen LogP contribution in [0.5, 0.6) is 0 Å². The van der Waals surface area contributed by atoms with Crippen LogP contribution in [0.25, 0.3) is 17.1 Å². The smallest absolute Gasteiger partial charge is 0.262 e. The zero-order chi connectivity index (χ0) is 19.4. The average molecular weight is 387 g/mol. The van der Waals surface area contributed by atoms with E-state index in [9.17, 15) is 14.0 Å². The molecule has 1 heterocycles. The van der Waals surface area contributed by atoms with Crippen molar-refractivity contribution in [2.24, 2.45) is 7.05 Å². The lowest BCUT2D eigenvalue weighted by Gasteiger charge is -2.05. The van der Waals surface area contributed by atoms with Crippen LogP contribution in [0.3, 0.4) is 0 Å². The maximum atomic E-state index is 13.1. The molecule has 0 saturated carbocycles. The van der Waals surface area contributed by atoms with E-state index in [1.54, 1.807) is 0 Å². The van der Waals surface area contributed by atoms with Gasteiger partial charge in [0, 0.05) is 13.1 Å². The van der Waals surface area contributed by atoms with Gasteiger partial charge in [-0.25, -0.2) is 9.37 Å². The van der Waals surface area contributed by atoms with Crippen LogP contribution >= 0.6 is 11.6 Å². The van der Waals surface area contributed by atoms with Crippen LogP contribution < -0.4 is 10.9 Å². The molecule has 0 aliphatic rings. The lowest BCUT2D eigenvalue weighted by Crippen LogP contribution is -2.41. The molecule has 0 unspecified atom stereocenters. The van der Waals surface area contributed by atoms with Crippen molar-refractivity contribution in [2.45, 2.75) is 6.42 Å². The number of aromatic nitrogens is 2. The Kier molecular flexibility index (Phi) is 5.52. The maximum absolute atomic E-state index is 13.1.